The van der Waals surface area contributed by atoms with Crippen LogP contribution in [0.15, 0.2) is 70.9 Å². The van der Waals surface area contributed by atoms with Crippen molar-refractivity contribution in [1.29, 1.82) is 5.26 Å². The van der Waals surface area contributed by atoms with Gasteiger partial charge >= 0.3 is 0 Å². The Morgan fingerprint density at radius 3 is 2.81 bits per heavy atom. The molecule has 7 nitrogen and oxygen atoms in total. The Morgan fingerprint density at radius 1 is 1.22 bits per heavy atom. The van der Waals surface area contributed by atoms with Crippen molar-refractivity contribution in [3.8, 4) is 11.8 Å². The van der Waals surface area contributed by atoms with E-state index < -0.39 is 5.91 Å². The standard InChI is InChI=1S/C25H22N4O3/c1-17-6-5-7-21(12-17)31-11-10-29-16-20(22-8-3-4-9-23(22)29)14-19(15-26)25(30)27-24-13-18(2)32-28-24/h3-9,12-14,16H,10-11H2,1-2H3,(H,27,28,30)/b19-14-. The van der Waals surface area contributed by atoms with E-state index in [0.29, 0.717) is 18.9 Å². The average Bonchev–Trinajstić information content (AvgIpc) is 3.35. The first kappa shape index (κ1) is 20.9. The fourth-order valence-electron chi connectivity index (χ4n) is 3.46. The number of carbonyl (C=O) groups excluding carboxylic acids is 1. The molecule has 0 saturated heterocycles. The summed E-state index contributed by atoms with van der Waals surface area (Å²) in [6, 6.07) is 19.3. The first-order valence-corrected chi connectivity index (χ1v) is 10.2. The summed E-state index contributed by atoms with van der Waals surface area (Å²) in [5.41, 5.74) is 2.89. The Labute approximate surface area is 185 Å². The van der Waals surface area contributed by atoms with E-state index in [4.69, 9.17) is 9.26 Å². The summed E-state index contributed by atoms with van der Waals surface area (Å²) in [7, 11) is 0. The number of aryl methyl sites for hydroxylation is 2. The van der Waals surface area contributed by atoms with Crippen LogP contribution in [-0.4, -0.2) is 22.2 Å². The number of para-hydroxylation sites is 1. The van der Waals surface area contributed by atoms with E-state index in [0.717, 1.165) is 27.8 Å². The lowest BCUT2D eigenvalue weighted by atomic mass is 10.1. The number of nitriles is 1. The highest BCUT2D eigenvalue weighted by Crippen LogP contribution is 2.24. The lowest BCUT2D eigenvalue weighted by Gasteiger charge is -2.08. The van der Waals surface area contributed by atoms with Crippen molar-refractivity contribution in [2.24, 2.45) is 0 Å². The number of anilines is 1. The van der Waals surface area contributed by atoms with E-state index in [2.05, 4.69) is 15.0 Å². The lowest BCUT2D eigenvalue weighted by Crippen LogP contribution is -2.13. The third kappa shape index (κ3) is 4.71. The number of fused-ring (bicyclic) bond motifs is 1. The molecule has 1 amide bonds. The molecule has 0 radical (unpaired) electrons. The summed E-state index contributed by atoms with van der Waals surface area (Å²) in [6.07, 6.45) is 3.51. The predicted octanol–water partition coefficient (Wildman–Crippen LogP) is 4.87. The maximum atomic E-state index is 12.5. The van der Waals surface area contributed by atoms with Crippen molar-refractivity contribution in [1.82, 2.24) is 9.72 Å². The fourth-order valence-corrected chi connectivity index (χ4v) is 3.46. The van der Waals surface area contributed by atoms with Crippen LogP contribution in [0.5, 0.6) is 5.75 Å². The number of hydrogen-bond acceptors (Lipinski definition) is 5. The van der Waals surface area contributed by atoms with Crippen molar-refractivity contribution < 1.29 is 14.1 Å². The fraction of sp³-hybridized carbons (Fsp3) is 0.160. The largest absolute Gasteiger partial charge is 0.492 e. The maximum absolute atomic E-state index is 12.5. The van der Waals surface area contributed by atoms with Crippen LogP contribution in [0.4, 0.5) is 5.82 Å². The van der Waals surface area contributed by atoms with Crippen LogP contribution in [-0.2, 0) is 11.3 Å². The van der Waals surface area contributed by atoms with Gasteiger partial charge in [-0.15, -0.1) is 0 Å². The van der Waals surface area contributed by atoms with Gasteiger partial charge in [0.25, 0.3) is 5.91 Å². The zero-order chi connectivity index (χ0) is 22.5. The van der Waals surface area contributed by atoms with Gasteiger partial charge in [-0.2, -0.15) is 5.26 Å². The first-order chi connectivity index (χ1) is 15.5. The number of aromatic nitrogens is 2. The maximum Gasteiger partial charge on any atom is 0.267 e. The number of benzene rings is 2. The summed E-state index contributed by atoms with van der Waals surface area (Å²) in [4.78, 5) is 12.5. The van der Waals surface area contributed by atoms with Gasteiger partial charge in [0.05, 0.1) is 6.54 Å². The molecule has 7 heteroatoms. The second-order valence-electron chi connectivity index (χ2n) is 7.41. The van der Waals surface area contributed by atoms with Crippen LogP contribution in [0.25, 0.3) is 17.0 Å². The number of nitrogens with one attached hydrogen (secondary N) is 1. The molecule has 2 aromatic heterocycles. The molecule has 0 unspecified atom stereocenters. The highest BCUT2D eigenvalue weighted by molar-refractivity contribution is 6.10. The van der Waals surface area contributed by atoms with Gasteiger partial charge in [0.15, 0.2) is 5.82 Å². The van der Waals surface area contributed by atoms with Crippen LogP contribution in [0, 0.1) is 25.2 Å². The molecular formula is C25H22N4O3. The van der Waals surface area contributed by atoms with Crippen LogP contribution in [0.1, 0.15) is 16.9 Å². The Bertz CT molecular complexity index is 1340. The van der Waals surface area contributed by atoms with E-state index in [1.165, 1.54) is 0 Å². The van der Waals surface area contributed by atoms with Crippen molar-refractivity contribution in [2.45, 2.75) is 20.4 Å². The molecule has 0 aliphatic rings. The molecule has 0 bridgehead atoms. The van der Waals surface area contributed by atoms with Gasteiger partial charge in [0.2, 0.25) is 0 Å². The molecule has 0 aliphatic heterocycles. The van der Waals surface area contributed by atoms with E-state index >= 15 is 0 Å². The first-order valence-electron chi connectivity index (χ1n) is 10.2. The molecule has 0 atom stereocenters. The molecule has 32 heavy (non-hydrogen) atoms. The SMILES string of the molecule is Cc1cccc(OCCn2cc(/C=C(/C#N)C(=O)Nc3cc(C)on3)c3ccccc32)c1. The normalized spacial score (nSPS) is 11.3. The quantitative estimate of drug-likeness (QED) is 0.336. The average molecular weight is 426 g/mol. The molecule has 4 aromatic rings. The number of ether oxygens (including phenoxy) is 1. The number of hydrogen-bond donors (Lipinski definition) is 1. The van der Waals surface area contributed by atoms with Crippen LogP contribution in [0.2, 0.25) is 0 Å². The monoisotopic (exact) mass is 426 g/mol. The summed E-state index contributed by atoms with van der Waals surface area (Å²) in [5.74, 6) is 1.12. The second-order valence-corrected chi connectivity index (χ2v) is 7.41. The summed E-state index contributed by atoms with van der Waals surface area (Å²) in [5, 5.41) is 16.8. The number of carbonyl (C=O) groups is 1. The number of nitrogens with zero attached hydrogens (tertiary/aromatic N) is 3. The molecule has 160 valence electrons. The van der Waals surface area contributed by atoms with E-state index in [9.17, 15) is 10.1 Å². The topological polar surface area (TPSA) is 93.1 Å². The molecule has 4 rings (SSSR count). The minimum Gasteiger partial charge on any atom is -0.492 e. The van der Waals surface area contributed by atoms with E-state index in [1.54, 1.807) is 19.1 Å². The highest BCUT2D eigenvalue weighted by atomic mass is 16.5. The Balaban J connectivity index is 1.55. The van der Waals surface area contributed by atoms with Crippen LogP contribution in [0.3, 0.4) is 0 Å². The van der Waals surface area contributed by atoms with Gasteiger partial charge in [0.1, 0.15) is 29.8 Å². The molecule has 2 aromatic carbocycles. The highest BCUT2D eigenvalue weighted by Gasteiger charge is 2.14. The summed E-state index contributed by atoms with van der Waals surface area (Å²) >= 11 is 0. The van der Waals surface area contributed by atoms with E-state index in [-0.39, 0.29) is 11.4 Å². The van der Waals surface area contributed by atoms with Gasteiger partial charge in [0, 0.05) is 28.7 Å². The van der Waals surface area contributed by atoms with Crippen molar-refractivity contribution >= 4 is 28.7 Å². The number of rotatable bonds is 7. The third-order valence-corrected chi connectivity index (χ3v) is 4.94. The van der Waals surface area contributed by atoms with Gasteiger partial charge in [-0.05, 0) is 43.7 Å². The summed E-state index contributed by atoms with van der Waals surface area (Å²) in [6.45, 7) is 4.86. The molecular weight excluding hydrogens is 404 g/mol. The minimum atomic E-state index is -0.541. The summed E-state index contributed by atoms with van der Waals surface area (Å²) < 4.78 is 12.9. The molecule has 0 spiro atoms. The molecule has 1 N–H and O–H groups in total. The Hall–Kier alpha value is -4.31. The molecule has 2 heterocycles. The van der Waals surface area contributed by atoms with Crippen molar-refractivity contribution in [3.63, 3.8) is 0 Å². The Kier molecular flexibility index (Phi) is 6.04. The molecule has 0 aliphatic carbocycles. The number of amides is 1. The predicted molar refractivity (Wildman–Crippen MR) is 122 cm³/mol. The minimum absolute atomic E-state index is 0.0235. The smallest absolute Gasteiger partial charge is 0.267 e. The van der Waals surface area contributed by atoms with E-state index in [1.807, 2.05) is 67.7 Å². The second kappa shape index (κ2) is 9.23. The van der Waals surface area contributed by atoms with Crippen molar-refractivity contribution in [3.05, 3.63) is 83.3 Å². The lowest BCUT2D eigenvalue weighted by molar-refractivity contribution is -0.112. The molecule has 0 fully saturated rings. The zero-order valence-electron chi connectivity index (χ0n) is 17.8. The third-order valence-electron chi connectivity index (χ3n) is 4.94. The van der Waals surface area contributed by atoms with Crippen LogP contribution < -0.4 is 10.1 Å². The van der Waals surface area contributed by atoms with Gasteiger partial charge in [-0.1, -0.05) is 35.5 Å². The van der Waals surface area contributed by atoms with Crippen molar-refractivity contribution in [2.75, 3.05) is 11.9 Å². The van der Waals surface area contributed by atoms with Gasteiger partial charge in [-0.25, -0.2) is 0 Å². The van der Waals surface area contributed by atoms with Gasteiger partial charge in [-0.3, -0.25) is 4.79 Å². The zero-order valence-corrected chi connectivity index (χ0v) is 17.8. The van der Waals surface area contributed by atoms with Crippen LogP contribution >= 0.6 is 0 Å². The van der Waals surface area contributed by atoms with Gasteiger partial charge < -0.3 is 19.1 Å². The Morgan fingerprint density at radius 2 is 2.06 bits per heavy atom. The molecule has 0 saturated carbocycles.